The van der Waals surface area contributed by atoms with Gasteiger partial charge in [0.1, 0.15) is 16.6 Å². The highest BCUT2D eigenvalue weighted by Crippen LogP contribution is 2.34. The molecule has 2 heterocycles. The smallest absolute Gasteiger partial charge is 0.221 e. The molecule has 1 aliphatic rings. The minimum Gasteiger partial charge on any atom is -0.510 e. The number of nitrogens with one attached hydrogen (secondary N) is 2. The van der Waals surface area contributed by atoms with Crippen molar-refractivity contribution < 1.29 is 9.90 Å². The maximum atomic E-state index is 11.2. The van der Waals surface area contributed by atoms with E-state index in [1.165, 1.54) is 18.3 Å². The molecule has 0 saturated heterocycles. The van der Waals surface area contributed by atoms with Gasteiger partial charge in [-0.2, -0.15) is 0 Å². The second-order valence-electron chi connectivity index (χ2n) is 6.39. The van der Waals surface area contributed by atoms with Gasteiger partial charge in [0, 0.05) is 29.2 Å². The summed E-state index contributed by atoms with van der Waals surface area (Å²) in [5, 5.41) is 24.3. The Balaban J connectivity index is 1.57. The van der Waals surface area contributed by atoms with Gasteiger partial charge in [0.2, 0.25) is 5.91 Å². The van der Waals surface area contributed by atoms with Crippen LogP contribution < -0.4 is 10.2 Å². The van der Waals surface area contributed by atoms with Crippen molar-refractivity contribution in [2.75, 3.05) is 16.8 Å². The van der Waals surface area contributed by atoms with E-state index < -0.39 is 0 Å². The fourth-order valence-corrected chi connectivity index (χ4v) is 3.98. The van der Waals surface area contributed by atoms with Gasteiger partial charge in [-0.3, -0.25) is 10.2 Å². The Bertz CT molecular complexity index is 1070. The first kappa shape index (κ1) is 17.9. The molecule has 0 radical (unpaired) electrons. The molecule has 0 bridgehead atoms. The minimum absolute atomic E-state index is 0.130. The van der Waals surface area contributed by atoms with Crippen molar-refractivity contribution in [3.63, 3.8) is 0 Å². The van der Waals surface area contributed by atoms with E-state index in [-0.39, 0.29) is 24.0 Å². The number of rotatable bonds is 4. The monoisotopic (exact) mass is 390 g/mol. The topological polar surface area (TPSA) is 89.3 Å². The highest BCUT2D eigenvalue weighted by atomic mass is 32.1. The van der Waals surface area contributed by atoms with Crippen LogP contribution >= 0.6 is 11.3 Å². The van der Waals surface area contributed by atoms with E-state index in [1.54, 1.807) is 17.0 Å². The Labute approximate surface area is 166 Å². The predicted octanol–water partition coefficient (Wildman–Crippen LogP) is 4.54. The van der Waals surface area contributed by atoms with E-state index in [2.05, 4.69) is 10.3 Å². The Kier molecular flexibility index (Phi) is 4.67. The fraction of sp³-hybridized carbons (Fsp3) is 0.0952. The van der Waals surface area contributed by atoms with E-state index in [4.69, 9.17) is 5.41 Å². The fourth-order valence-electron chi connectivity index (χ4n) is 3.08. The van der Waals surface area contributed by atoms with Crippen LogP contribution in [0.25, 0.3) is 16.8 Å². The lowest BCUT2D eigenvalue weighted by Crippen LogP contribution is -2.26. The molecule has 2 aromatic carbocycles. The molecule has 3 aromatic rings. The number of anilines is 2. The summed E-state index contributed by atoms with van der Waals surface area (Å²) >= 11 is 1.41. The molecule has 1 amide bonds. The number of benzene rings is 2. The van der Waals surface area contributed by atoms with Crippen molar-refractivity contribution in [3.05, 3.63) is 70.7 Å². The normalized spacial score (nSPS) is 13.9. The van der Waals surface area contributed by atoms with Crippen LogP contribution in [0, 0.1) is 5.41 Å². The molecule has 28 heavy (non-hydrogen) atoms. The first-order valence-corrected chi connectivity index (χ1v) is 9.58. The Hall–Kier alpha value is -3.45. The highest BCUT2D eigenvalue weighted by Gasteiger charge is 2.31. The molecule has 6 nitrogen and oxygen atoms in total. The second kappa shape index (κ2) is 7.28. The quantitative estimate of drug-likeness (QED) is 0.610. The van der Waals surface area contributed by atoms with Crippen molar-refractivity contribution in [1.29, 1.82) is 5.41 Å². The van der Waals surface area contributed by atoms with Crippen LogP contribution in [-0.2, 0) is 4.79 Å². The van der Waals surface area contributed by atoms with Crippen LogP contribution in [0.5, 0.6) is 0 Å². The van der Waals surface area contributed by atoms with Crippen LogP contribution in [0.15, 0.2) is 65.7 Å². The number of amidine groups is 1. The summed E-state index contributed by atoms with van der Waals surface area (Å²) < 4.78 is 0. The molecule has 1 aliphatic heterocycles. The number of carbonyl (C=O) groups excluding carboxylic acids is 1. The molecule has 3 N–H and O–H groups in total. The molecule has 0 unspecified atom stereocenters. The van der Waals surface area contributed by atoms with Crippen LogP contribution in [0.1, 0.15) is 11.9 Å². The van der Waals surface area contributed by atoms with Gasteiger partial charge < -0.3 is 15.3 Å². The maximum absolute atomic E-state index is 11.2. The molecule has 0 atom stereocenters. The molecule has 1 aromatic heterocycles. The van der Waals surface area contributed by atoms with Crippen molar-refractivity contribution in [2.24, 2.45) is 0 Å². The molecule has 0 saturated carbocycles. The van der Waals surface area contributed by atoms with Crippen LogP contribution in [0.3, 0.4) is 0 Å². The molecule has 4 rings (SSSR count). The molecule has 0 spiro atoms. The summed E-state index contributed by atoms with van der Waals surface area (Å²) in [5.74, 6) is 0.199. The third-order valence-electron chi connectivity index (χ3n) is 4.39. The van der Waals surface area contributed by atoms with Gasteiger partial charge >= 0.3 is 0 Å². The summed E-state index contributed by atoms with van der Waals surface area (Å²) in [4.78, 5) is 17.5. The number of aliphatic hydroxyl groups is 1. The van der Waals surface area contributed by atoms with Gasteiger partial charge in [0.05, 0.1) is 17.8 Å². The number of hydrogen-bond acceptors (Lipinski definition) is 5. The number of aromatic nitrogens is 1. The summed E-state index contributed by atoms with van der Waals surface area (Å²) in [7, 11) is 0. The van der Waals surface area contributed by atoms with E-state index in [0.29, 0.717) is 16.3 Å². The van der Waals surface area contributed by atoms with Gasteiger partial charge in [-0.05, 0) is 24.3 Å². The number of hydrogen-bond donors (Lipinski definition) is 3. The van der Waals surface area contributed by atoms with E-state index in [1.807, 2.05) is 47.8 Å². The van der Waals surface area contributed by atoms with Crippen molar-refractivity contribution >= 4 is 40.0 Å². The Morgan fingerprint density at radius 2 is 1.89 bits per heavy atom. The largest absolute Gasteiger partial charge is 0.510 e. The molecule has 0 fully saturated rings. The molecule has 0 aliphatic carbocycles. The lowest BCUT2D eigenvalue weighted by molar-refractivity contribution is -0.114. The van der Waals surface area contributed by atoms with E-state index >= 15 is 0 Å². The predicted molar refractivity (Wildman–Crippen MR) is 113 cm³/mol. The van der Waals surface area contributed by atoms with E-state index in [0.717, 1.165) is 16.9 Å². The third kappa shape index (κ3) is 3.39. The third-order valence-corrected chi connectivity index (χ3v) is 5.25. The Morgan fingerprint density at radius 3 is 2.57 bits per heavy atom. The summed E-state index contributed by atoms with van der Waals surface area (Å²) in [6.07, 6.45) is 0. The first-order chi connectivity index (χ1) is 13.5. The van der Waals surface area contributed by atoms with Crippen molar-refractivity contribution in [2.45, 2.75) is 6.92 Å². The van der Waals surface area contributed by atoms with E-state index in [9.17, 15) is 9.90 Å². The number of amides is 1. The zero-order valence-electron chi connectivity index (χ0n) is 15.1. The molecular weight excluding hydrogens is 372 g/mol. The van der Waals surface area contributed by atoms with Gasteiger partial charge in [-0.1, -0.05) is 30.3 Å². The van der Waals surface area contributed by atoms with Gasteiger partial charge in [0.25, 0.3) is 0 Å². The molecular formula is C21H18N4O2S. The van der Waals surface area contributed by atoms with Gasteiger partial charge in [0.15, 0.2) is 0 Å². The van der Waals surface area contributed by atoms with Crippen LogP contribution in [0.4, 0.5) is 11.4 Å². The van der Waals surface area contributed by atoms with Crippen molar-refractivity contribution in [1.82, 2.24) is 4.98 Å². The number of nitrogens with zero attached hydrogens (tertiary/aromatic N) is 2. The average molecular weight is 390 g/mol. The highest BCUT2D eigenvalue weighted by molar-refractivity contribution is 7.11. The number of carbonyl (C=O) groups is 1. The Morgan fingerprint density at radius 1 is 1.18 bits per heavy atom. The number of aliphatic hydroxyl groups excluding tert-OH is 1. The lowest BCUT2D eigenvalue weighted by atomic mass is 10.2. The van der Waals surface area contributed by atoms with Gasteiger partial charge in [-0.15, -0.1) is 11.3 Å². The molecule has 140 valence electrons. The average Bonchev–Trinajstić information content (AvgIpc) is 3.27. The lowest BCUT2D eigenvalue weighted by Gasteiger charge is -2.19. The van der Waals surface area contributed by atoms with Crippen LogP contribution in [0.2, 0.25) is 0 Å². The zero-order valence-corrected chi connectivity index (χ0v) is 16.0. The summed E-state index contributed by atoms with van der Waals surface area (Å²) in [6.45, 7) is 1.67. The van der Waals surface area contributed by atoms with Crippen LogP contribution in [-0.4, -0.2) is 28.4 Å². The maximum Gasteiger partial charge on any atom is 0.221 e. The zero-order chi connectivity index (χ0) is 19.7. The minimum atomic E-state index is -0.138. The summed E-state index contributed by atoms with van der Waals surface area (Å²) in [5.41, 5.74) is 3.73. The SMILES string of the molecule is CC(=O)Nc1ccc(N2CC(O)=C(c3nc(-c4ccccc4)cs3)C2=N)cc1. The first-order valence-electron chi connectivity index (χ1n) is 8.70. The summed E-state index contributed by atoms with van der Waals surface area (Å²) in [6, 6.07) is 17.0. The van der Waals surface area contributed by atoms with Crippen molar-refractivity contribution in [3.8, 4) is 11.3 Å². The molecule has 7 heteroatoms. The second-order valence-corrected chi connectivity index (χ2v) is 7.25. The number of thiazole rings is 1. The van der Waals surface area contributed by atoms with Gasteiger partial charge in [-0.25, -0.2) is 4.98 Å². The standard InChI is InChI=1S/C21H18N4O2S/c1-13(26)23-15-7-9-16(10-8-15)25-11-18(27)19(20(25)22)21-24-17(12-28-21)14-5-3-2-4-6-14/h2-10,12,22,27H,11H2,1H3,(H,23,26).